The number of aromatic hydroxyl groups is 1. The van der Waals surface area contributed by atoms with Crippen LogP contribution in [0.5, 0.6) is 5.75 Å². The van der Waals surface area contributed by atoms with Crippen molar-refractivity contribution in [2.45, 2.75) is 58.5 Å². The van der Waals surface area contributed by atoms with Crippen molar-refractivity contribution in [3.05, 3.63) is 28.8 Å². The van der Waals surface area contributed by atoms with Gasteiger partial charge >= 0.3 is 0 Å². The molecule has 1 unspecified atom stereocenters. The standard InChI is InChI=1S/C16H25ClO2/c1-15(2,3)11-7-10(13(18)9-17)8-12(14(11)19)16(4,5)6/h7-8,13,18-19H,9H2,1-6H3. The number of phenolic OH excluding ortho intramolecular Hbond substituents is 1. The number of hydrogen-bond donors (Lipinski definition) is 2. The fourth-order valence-corrected chi connectivity index (χ4v) is 2.26. The van der Waals surface area contributed by atoms with Crippen molar-refractivity contribution in [3.63, 3.8) is 0 Å². The number of alkyl halides is 1. The molecular formula is C16H25ClO2. The predicted octanol–water partition coefficient (Wildman–Crippen LogP) is 4.26. The predicted molar refractivity (Wildman–Crippen MR) is 81.2 cm³/mol. The molecule has 0 bridgehead atoms. The first-order valence-corrected chi connectivity index (χ1v) is 7.14. The summed E-state index contributed by atoms with van der Waals surface area (Å²) in [4.78, 5) is 0. The summed E-state index contributed by atoms with van der Waals surface area (Å²) in [5, 5.41) is 20.5. The van der Waals surface area contributed by atoms with Crippen LogP contribution in [0.25, 0.3) is 0 Å². The molecular weight excluding hydrogens is 260 g/mol. The van der Waals surface area contributed by atoms with E-state index in [4.69, 9.17) is 11.6 Å². The summed E-state index contributed by atoms with van der Waals surface area (Å²) in [6, 6.07) is 3.72. The van der Waals surface area contributed by atoms with Crippen molar-refractivity contribution in [1.82, 2.24) is 0 Å². The molecule has 1 aromatic carbocycles. The molecule has 2 N–H and O–H groups in total. The number of hydrogen-bond acceptors (Lipinski definition) is 2. The maximum Gasteiger partial charge on any atom is 0.123 e. The number of aliphatic hydroxyl groups is 1. The molecule has 0 saturated carbocycles. The highest BCUT2D eigenvalue weighted by Gasteiger charge is 2.27. The summed E-state index contributed by atoms with van der Waals surface area (Å²) in [5.41, 5.74) is 2.08. The van der Waals surface area contributed by atoms with Gasteiger partial charge in [0.15, 0.2) is 0 Å². The van der Waals surface area contributed by atoms with Crippen molar-refractivity contribution >= 4 is 11.6 Å². The first kappa shape index (κ1) is 16.3. The molecule has 1 aromatic rings. The molecule has 0 fully saturated rings. The molecule has 0 heterocycles. The van der Waals surface area contributed by atoms with Crippen LogP contribution >= 0.6 is 11.6 Å². The van der Waals surface area contributed by atoms with Crippen molar-refractivity contribution in [2.24, 2.45) is 0 Å². The van der Waals surface area contributed by atoms with E-state index in [1.54, 1.807) is 0 Å². The largest absolute Gasteiger partial charge is 0.507 e. The second kappa shape index (κ2) is 5.34. The molecule has 0 aliphatic heterocycles. The van der Waals surface area contributed by atoms with Crippen LogP contribution in [-0.2, 0) is 10.8 Å². The van der Waals surface area contributed by atoms with Crippen LogP contribution in [0.4, 0.5) is 0 Å². The summed E-state index contributed by atoms with van der Waals surface area (Å²) < 4.78 is 0. The molecule has 0 radical (unpaired) electrons. The number of aliphatic hydroxyl groups excluding tert-OH is 1. The Morgan fingerprint density at radius 3 is 1.63 bits per heavy atom. The van der Waals surface area contributed by atoms with Gasteiger partial charge in [0.1, 0.15) is 5.75 Å². The van der Waals surface area contributed by atoms with Crippen LogP contribution in [0.2, 0.25) is 0 Å². The van der Waals surface area contributed by atoms with Gasteiger partial charge in [0.25, 0.3) is 0 Å². The molecule has 0 aliphatic rings. The fraction of sp³-hybridized carbons (Fsp3) is 0.625. The van der Waals surface area contributed by atoms with Crippen LogP contribution in [0.3, 0.4) is 0 Å². The average molecular weight is 285 g/mol. The van der Waals surface area contributed by atoms with E-state index in [0.29, 0.717) is 5.75 Å². The quantitative estimate of drug-likeness (QED) is 0.797. The van der Waals surface area contributed by atoms with E-state index >= 15 is 0 Å². The molecule has 108 valence electrons. The lowest BCUT2D eigenvalue weighted by Gasteiger charge is -2.28. The molecule has 1 atom stereocenters. The van der Waals surface area contributed by atoms with Gasteiger partial charge in [-0.2, -0.15) is 0 Å². The van der Waals surface area contributed by atoms with Gasteiger partial charge in [0.05, 0.1) is 12.0 Å². The van der Waals surface area contributed by atoms with Gasteiger partial charge in [-0.25, -0.2) is 0 Å². The summed E-state index contributed by atoms with van der Waals surface area (Å²) in [6.45, 7) is 12.3. The fourth-order valence-electron chi connectivity index (χ4n) is 2.08. The van der Waals surface area contributed by atoms with Crippen molar-refractivity contribution in [3.8, 4) is 5.75 Å². The summed E-state index contributed by atoms with van der Waals surface area (Å²) in [6.07, 6.45) is -0.704. The van der Waals surface area contributed by atoms with Gasteiger partial charge in [-0.15, -0.1) is 11.6 Å². The Morgan fingerprint density at radius 1 is 1.00 bits per heavy atom. The Bertz CT molecular complexity index is 418. The topological polar surface area (TPSA) is 40.5 Å². The zero-order valence-electron chi connectivity index (χ0n) is 12.7. The first-order chi connectivity index (χ1) is 8.48. The lowest BCUT2D eigenvalue weighted by atomic mass is 9.78. The zero-order chi connectivity index (χ0) is 15.0. The monoisotopic (exact) mass is 284 g/mol. The third-order valence-corrected chi connectivity index (χ3v) is 3.57. The van der Waals surface area contributed by atoms with E-state index in [1.807, 2.05) is 53.7 Å². The Morgan fingerprint density at radius 2 is 1.37 bits per heavy atom. The zero-order valence-corrected chi connectivity index (χ0v) is 13.5. The van der Waals surface area contributed by atoms with Gasteiger partial charge < -0.3 is 10.2 Å². The second-order valence-corrected chi connectivity index (χ2v) is 7.44. The SMILES string of the molecule is CC(C)(C)c1cc(C(O)CCl)cc(C(C)(C)C)c1O. The smallest absolute Gasteiger partial charge is 0.123 e. The van der Waals surface area contributed by atoms with Gasteiger partial charge in [0.2, 0.25) is 0 Å². The lowest BCUT2D eigenvalue weighted by molar-refractivity contribution is 0.202. The van der Waals surface area contributed by atoms with Crippen LogP contribution in [0.15, 0.2) is 12.1 Å². The minimum absolute atomic E-state index is 0.151. The van der Waals surface area contributed by atoms with E-state index in [0.717, 1.165) is 16.7 Å². The van der Waals surface area contributed by atoms with Gasteiger partial charge in [-0.3, -0.25) is 0 Å². The minimum Gasteiger partial charge on any atom is -0.507 e. The highest BCUT2D eigenvalue weighted by atomic mass is 35.5. The Labute approximate surface area is 121 Å². The molecule has 2 nitrogen and oxygen atoms in total. The average Bonchev–Trinajstić information content (AvgIpc) is 2.25. The molecule has 3 heteroatoms. The van der Waals surface area contributed by atoms with Crippen molar-refractivity contribution in [2.75, 3.05) is 5.88 Å². The second-order valence-electron chi connectivity index (χ2n) is 7.13. The third kappa shape index (κ3) is 3.64. The van der Waals surface area contributed by atoms with Gasteiger partial charge in [-0.05, 0) is 39.7 Å². The van der Waals surface area contributed by atoms with Crippen LogP contribution in [0.1, 0.15) is 64.3 Å². The first-order valence-electron chi connectivity index (χ1n) is 6.60. The summed E-state index contributed by atoms with van der Waals surface area (Å²) in [7, 11) is 0. The highest BCUT2D eigenvalue weighted by Crippen LogP contribution is 2.40. The molecule has 0 aromatic heterocycles. The molecule has 19 heavy (non-hydrogen) atoms. The van der Waals surface area contributed by atoms with Gasteiger partial charge in [0, 0.05) is 0 Å². The number of rotatable bonds is 2. The van der Waals surface area contributed by atoms with Crippen LogP contribution < -0.4 is 0 Å². The molecule has 0 saturated heterocycles. The Kier molecular flexibility index (Phi) is 4.58. The normalized spacial score (nSPS) is 14.5. The molecule has 0 aliphatic carbocycles. The van der Waals surface area contributed by atoms with E-state index in [9.17, 15) is 10.2 Å². The van der Waals surface area contributed by atoms with Crippen LogP contribution in [0, 0.1) is 0 Å². The number of benzene rings is 1. The molecule has 0 spiro atoms. The summed E-state index contributed by atoms with van der Waals surface area (Å²) in [5.74, 6) is 0.475. The maximum atomic E-state index is 10.5. The third-order valence-electron chi connectivity index (χ3n) is 3.28. The van der Waals surface area contributed by atoms with E-state index in [2.05, 4.69) is 0 Å². The van der Waals surface area contributed by atoms with Gasteiger partial charge in [-0.1, -0.05) is 41.5 Å². The van der Waals surface area contributed by atoms with E-state index in [-0.39, 0.29) is 16.7 Å². The van der Waals surface area contributed by atoms with Crippen LogP contribution in [-0.4, -0.2) is 16.1 Å². The molecule has 0 amide bonds. The number of phenols is 1. The Balaban J connectivity index is 3.57. The van der Waals surface area contributed by atoms with Crippen molar-refractivity contribution < 1.29 is 10.2 Å². The van der Waals surface area contributed by atoms with E-state index < -0.39 is 6.10 Å². The summed E-state index contributed by atoms with van der Waals surface area (Å²) >= 11 is 5.75. The minimum atomic E-state index is -0.704. The molecule has 1 rings (SSSR count). The Hall–Kier alpha value is -0.730. The highest BCUT2D eigenvalue weighted by molar-refractivity contribution is 6.18. The van der Waals surface area contributed by atoms with E-state index in [1.165, 1.54) is 0 Å². The maximum absolute atomic E-state index is 10.5. The number of halogens is 1. The lowest BCUT2D eigenvalue weighted by Crippen LogP contribution is -2.18. The van der Waals surface area contributed by atoms with Crippen molar-refractivity contribution in [1.29, 1.82) is 0 Å².